The molecule has 0 bridgehead atoms. The summed E-state index contributed by atoms with van der Waals surface area (Å²) in [5.41, 5.74) is 6.63. The molecule has 3 rings (SSSR count). The number of carbonyl (C=O) groups is 1. The minimum Gasteiger partial charge on any atom is -0.458 e. The topological polar surface area (TPSA) is 116 Å². The zero-order valence-corrected chi connectivity index (χ0v) is 17.6. The molecular weight excluding hydrogens is 386 g/mol. The van der Waals surface area contributed by atoms with E-state index in [2.05, 4.69) is 6.58 Å². The summed E-state index contributed by atoms with van der Waals surface area (Å²) in [6.07, 6.45) is 3.51. The number of nitrogens with two attached hydrogens (primary N) is 1. The SMILES string of the molecule is C=C1Cn2c(cc3c(c2=O)COC(=O)[C@]3(O)CC)C1=N/C(=C/CCOCCN)CC. The number of fused-ring (bicyclic) bond motifs is 2. The normalized spacial score (nSPS) is 22.3. The van der Waals surface area contributed by atoms with Gasteiger partial charge in [-0.3, -0.25) is 9.79 Å². The summed E-state index contributed by atoms with van der Waals surface area (Å²) >= 11 is 0. The Hall–Kier alpha value is -2.55. The third kappa shape index (κ3) is 3.90. The Morgan fingerprint density at radius 1 is 1.43 bits per heavy atom. The molecule has 8 heteroatoms. The van der Waals surface area contributed by atoms with E-state index in [4.69, 9.17) is 20.2 Å². The maximum Gasteiger partial charge on any atom is 0.343 e. The molecule has 1 aromatic heterocycles. The van der Waals surface area contributed by atoms with Crippen LogP contribution < -0.4 is 11.3 Å². The molecule has 0 aliphatic carbocycles. The molecule has 0 saturated heterocycles. The highest BCUT2D eigenvalue weighted by atomic mass is 16.6. The summed E-state index contributed by atoms with van der Waals surface area (Å²) in [5, 5.41) is 10.9. The highest BCUT2D eigenvalue weighted by molar-refractivity contribution is 6.13. The lowest BCUT2D eigenvalue weighted by atomic mass is 9.86. The number of pyridine rings is 1. The van der Waals surface area contributed by atoms with Gasteiger partial charge >= 0.3 is 5.97 Å². The smallest absolute Gasteiger partial charge is 0.343 e. The van der Waals surface area contributed by atoms with E-state index in [1.54, 1.807) is 17.6 Å². The van der Waals surface area contributed by atoms with E-state index in [0.29, 0.717) is 67.3 Å². The molecule has 0 fully saturated rings. The van der Waals surface area contributed by atoms with Gasteiger partial charge < -0.3 is 24.9 Å². The third-order valence-corrected chi connectivity index (χ3v) is 5.49. The number of cyclic esters (lactones) is 1. The molecule has 1 atom stereocenters. The molecule has 0 saturated carbocycles. The maximum absolute atomic E-state index is 13.1. The van der Waals surface area contributed by atoms with E-state index in [1.165, 1.54) is 0 Å². The van der Waals surface area contributed by atoms with Gasteiger partial charge in [0.2, 0.25) is 0 Å². The summed E-state index contributed by atoms with van der Waals surface area (Å²) < 4.78 is 12.0. The van der Waals surface area contributed by atoms with E-state index < -0.39 is 11.6 Å². The minimum atomic E-state index is -1.83. The molecule has 0 unspecified atom stereocenters. The van der Waals surface area contributed by atoms with Gasteiger partial charge in [-0.15, -0.1) is 0 Å². The number of esters is 1. The number of aliphatic hydroxyl groups is 1. The molecule has 162 valence electrons. The van der Waals surface area contributed by atoms with Crippen molar-refractivity contribution in [2.75, 3.05) is 19.8 Å². The van der Waals surface area contributed by atoms with Crippen LogP contribution in [0.4, 0.5) is 0 Å². The van der Waals surface area contributed by atoms with Gasteiger partial charge in [0.1, 0.15) is 6.61 Å². The predicted molar refractivity (Wildman–Crippen MR) is 113 cm³/mol. The monoisotopic (exact) mass is 415 g/mol. The van der Waals surface area contributed by atoms with Gasteiger partial charge in [0, 0.05) is 17.8 Å². The number of ether oxygens (including phenoxy) is 2. The second-order valence-electron chi connectivity index (χ2n) is 7.41. The van der Waals surface area contributed by atoms with Crippen molar-refractivity contribution in [3.63, 3.8) is 0 Å². The van der Waals surface area contributed by atoms with Crippen LogP contribution in [0.1, 0.15) is 49.9 Å². The van der Waals surface area contributed by atoms with Crippen LogP contribution in [0.15, 0.2) is 39.8 Å². The van der Waals surface area contributed by atoms with Gasteiger partial charge in [-0.2, -0.15) is 0 Å². The molecule has 0 spiro atoms. The van der Waals surface area contributed by atoms with Crippen LogP contribution in [0, 0.1) is 0 Å². The fourth-order valence-corrected chi connectivity index (χ4v) is 3.74. The first kappa shape index (κ1) is 22.1. The largest absolute Gasteiger partial charge is 0.458 e. The molecule has 0 radical (unpaired) electrons. The summed E-state index contributed by atoms with van der Waals surface area (Å²) in [6.45, 7) is 9.50. The van der Waals surface area contributed by atoms with Crippen molar-refractivity contribution in [2.24, 2.45) is 10.7 Å². The van der Waals surface area contributed by atoms with E-state index in [-0.39, 0.29) is 18.6 Å². The van der Waals surface area contributed by atoms with Crippen molar-refractivity contribution in [1.82, 2.24) is 4.57 Å². The standard InChI is InChI=1S/C22H29N3O5/c1-4-15(7-6-9-29-10-8-23)24-19-14(3)12-25-18(19)11-17-16(20(25)26)13-30-21(27)22(17,28)5-2/h7,11,28H,3-6,8-10,12-13,23H2,1-2H3/b15-7+,24-19?/t22-/m0/s1. The molecule has 2 aliphatic heterocycles. The number of hydrogen-bond donors (Lipinski definition) is 2. The number of aromatic nitrogens is 1. The summed E-state index contributed by atoms with van der Waals surface area (Å²) in [5.74, 6) is -0.733. The zero-order valence-electron chi connectivity index (χ0n) is 17.6. The van der Waals surface area contributed by atoms with Crippen LogP contribution in [-0.2, 0) is 33.0 Å². The Morgan fingerprint density at radius 3 is 2.87 bits per heavy atom. The lowest BCUT2D eigenvalue weighted by Crippen LogP contribution is -2.44. The minimum absolute atomic E-state index is 0.109. The lowest BCUT2D eigenvalue weighted by Gasteiger charge is -2.31. The molecule has 1 aromatic rings. The summed E-state index contributed by atoms with van der Waals surface area (Å²) in [6, 6.07) is 1.69. The van der Waals surface area contributed by atoms with Crippen LogP contribution in [0.5, 0.6) is 0 Å². The first-order valence-corrected chi connectivity index (χ1v) is 10.3. The summed E-state index contributed by atoms with van der Waals surface area (Å²) in [7, 11) is 0. The van der Waals surface area contributed by atoms with Crippen LogP contribution in [-0.4, -0.2) is 41.1 Å². The number of nitrogens with zero attached hydrogens (tertiary/aromatic N) is 2. The number of aliphatic imine (C=N–C) groups is 1. The quantitative estimate of drug-likeness (QED) is 0.491. The highest BCUT2D eigenvalue weighted by Gasteiger charge is 2.45. The Kier molecular flexibility index (Phi) is 6.70. The van der Waals surface area contributed by atoms with E-state index in [0.717, 1.165) is 5.70 Å². The Labute approximate surface area is 175 Å². The van der Waals surface area contributed by atoms with E-state index in [1.807, 2.05) is 13.0 Å². The maximum atomic E-state index is 13.1. The van der Waals surface area contributed by atoms with Crippen molar-refractivity contribution in [2.45, 2.75) is 51.9 Å². The molecule has 0 amide bonds. The van der Waals surface area contributed by atoms with Crippen molar-refractivity contribution in [3.8, 4) is 0 Å². The molecule has 30 heavy (non-hydrogen) atoms. The third-order valence-electron chi connectivity index (χ3n) is 5.49. The Balaban J connectivity index is 2.02. The predicted octanol–water partition coefficient (Wildman–Crippen LogP) is 1.52. The fourth-order valence-electron chi connectivity index (χ4n) is 3.74. The van der Waals surface area contributed by atoms with Crippen LogP contribution in [0.25, 0.3) is 0 Å². The van der Waals surface area contributed by atoms with Crippen molar-refractivity contribution >= 4 is 11.7 Å². The van der Waals surface area contributed by atoms with Gasteiger partial charge in [0.15, 0.2) is 5.60 Å². The fraction of sp³-hybridized carbons (Fsp3) is 0.500. The van der Waals surface area contributed by atoms with Crippen molar-refractivity contribution in [1.29, 1.82) is 0 Å². The average Bonchev–Trinajstić information content (AvgIpc) is 3.05. The molecule has 3 N–H and O–H groups in total. The number of rotatable bonds is 8. The van der Waals surface area contributed by atoms with Crippen molar-refractivity contribution < 1.29 is 19.4 Å². The second-order valence-corrected chi connectivity index (χ2v) is 7.41. The molecule has 2 aliphatic rings. The van der Waals surface area contributed by atoms with Crippen LogP contribution in [0.2, 0.25) is 0 Å². The van der Waals surface area contributed by atoms with Gasteiger partial charge in [0.05, 0.1) is 36.7 Å². The average molecular weight is 415 g/mol. The lowest BCUT2D eigenvalue weighted by molar-refractivity contribution is -0.172. The number of carbonyl (C=O) groups excluding carboxylic acids is 1. The molecule has 3 heterocycles. The highest BCUT2D eigenvalue weighted by Crippen LogP contribution is 2.35. The van der Waals surface area contributed by atoms with Crippen LogP contribution in [0.3, 0.4) is 0 Å². The molecule has 8 nitrogen and oxygen atoms in total. The van der Waals surface area contributed by atoms with Gasteiger partial charge in [-0.05, 0) is 30.9 Å². The first-order valence-electron chi connectivity index (χ1n) is 10.3. The Bertz CT molecular complexity index is 976. The molecular formula is C22H29N3O5. The van der Waals surface area contributed by atoms with Gasteiger partial charge in [-0.1, -0.05) is 26.5 Å². The van der Waals surface area contributed by atoms with E-state index >= 15 is 0 Å². The van der Waals surface area contributed by atoms with Gasteiger partial charge in [-0.25, -0.2) is 4.79 Å². The Morgan fingerprint density at radius 2 is 2.20 bits per heavy atom. The first-order chi connectivity index (χ1) is 14.4. The van der Waals surface area contributed by atoms with Crippen LogP contribution >= 0.6 is 0 Å². The van der Waals surface area contributed by atoms with Crippen molar-refractivity contribution in [3.05, 3.63) is 57.2 Å². The second kappa shape index (κ2) is 9.07. The number of allylic oxidation sites excluding steroid dienone is 2. The molecule has 0 aromatic carbocycles. The summed E-state index contributed by atoms with van der Waals surface area (Å²) in [4.78, 5) is 30.0. The zero-order chi connectivity index (χ0) is 21.9. The number of hydrogen-bond acceptors (Lipinski definition) is 7. The van der Waals surface area contributed by atoms with E-state index in [9.17, 15) is 14.7 Å². The van der Waals surface area contributed by atoms with Gasteiger partial charge in [0.25, 0.3) is 5.56 Å².